The first-order valence-electron chi connectivity index (χ1n) is 6.71. The van der Waals surface area contributed by atoms with Gasteiger partial charge in [-0.25, -0.2) is 9.97 Å². The zero-order valence-corrected chi connectivity index (χ0v) is 15.1. The van der Waals surface area contributed by atoms with Gasteiger partial charge in [-0.3, -0.25) is 0 Å². The maximum absolute atomic E-state index is 6.36. The van der Waals surface area contributed by atoms with Crippen LogP contribution in [0.2, 0.25) is 15.1 Å². The van der Waals surface area contributed by atoms with E-state index in [1.165, 1.54) is 11.8 Å². The van der Waals surface area contributed by atoms with Crippen LogP contribution in [-0.2, 0) is 0 Å². The Balaban J connectivity index is 2.22. The molecular formula is C17H11Cl3N2S. The zero-order chi connectivity index (χ0) is 16.4. The van der Waals surface area contributed by atoms with Crippen LogP contribution in [0.1, 0.15) is 0 Å². The Labute approximate surface area is 153 Å². The molecule has 0 bridgehead atoms. The Morgan fingerprint density at radius 3 is 2.22 bits per heavy atom. The molecule has 3 rings (SSSR count). The Kier molecular flexibility index (Phi) is 5.12. The van der Waals surface area contributed by atoms with Crippen molar-refractivity contribution in [1.82, 2.24) is 9.97 Å². The zero-order valence-electron chi connectivity index (χ0n) is 12.1. The highest BCUT2D eigenvalue weighted by Crippen LogP contribution is 2.36. The maximum Gasteiger partial charge on any atom is 0.187 e. The van der Waals surface area contributed by atoms with E-state index < -0.39 is 0 Å². The molecule has 6 heteroatoms. The molecule has 0 radical (unpaired) electrons. The van der Waals surface area contributed by atoms with Crippen molar-refractivity contribution < 1.29 is 0 Å². The molecule has 0 amide bonds. The third kappa shape index (κ3) is 3.64. The highest BCUT2D eigenvalue weighted by molar-refractivity contribution is 7.98. The van der Waals surface area contributed by atoms with E-state index in [9.17, 15) is 0 Å². The van der Waals surface area contributed by atoms with Crippen LogP contribution in [0.25, 0.3) is 22.4 Å². The summed E-state index contributed by atoms with van der Waals surface area (Å²) in [5.74, 6) is 0. The second kappa shape index (κ2) is 7.10. The highest BCUT2D eigenvalue weighted by atomic mass is 35.5. The smallest absolute Gasteiger partial charge is 0.187 e. The minimum atomic E-state index is 0.563. The third-order valence-electron chi connectivity index (χ3n) is 3.29. The van der Waals surface area contributed by atoms with E-state index >= 15 is 0 Å². The van der Waals surface area contributed by atoms with Crippen LogP contribution >= 0.6 is 46.6 Å². The monoisotopic (exact) mass is 380 g/mol. The second-order valence-corrected chi connectivity index (χ2v) is 6.80. The van der Waals surface area contributed by atoms with Crippen molar-refractivity contribution in [3.63, 3.8) is 0 Å². The Bertz CT molecular complexity index is 851. The predicted octanol–water partition coefficient (Wildman–Crippen LogP) is 6.49. The molecule has 0 saturated carbocycles. The molecule has 3 aromatic rings. The lowest BCUT2D eigenvalue weighted by Gasteiger charge is -2.12. The first-order chi connectivity index (χ1) is 11.1. The van der Waals surface area contributed by atoms with Gasteiger partial charge in [-0.05, 0) is 30.5 Å². The van der Waals surface area contributed by atoms with E-state index in [-0.39, 0.29) is 0 Å². The summed E-state index contributed by atoms with van der Waals surface area (Å²) < 4.78 is 0. The fourth-order valence-corrected chi connectivity index (χ4v) is 3.17. The first kappa shape index (κ1) is 16.6. The van der Waals surface area contributed by atoms with Crippen LogP contribution in [0.4, 0.5) is 0 Å². The number of rotatable bonds is 3. The summed E-state index contributed by atoms with van der Waals surface area (Å²) >= 11 is 19.8. The average molecular weight is 382 g/mol. The average Bonchev–Trinajstić information content (AvgIpc) is 2.55. The van der Waals surface area contributed by atoms with Gasteiger partial charge in [-0.2, -0.15) is 0 Å². The summed E-state index contributed by atoms with van der Waals surface area (Å²) in [7, 11) is 0. The molecule has 2 nitrogen and oxygen atoms in total. The van der Waals surface area contributed by atoms with Gasteiger partial charge in [0.2, 0.25) is 0 Å². The quantitative estimate of drug-likeness (QED) is 0.383. The Morgan fingerprint density at radius 1 is 0.870 bits per heavy atom. The highest BCUT2D eigenvalue weighted by Gasteiger charge is 2.14. The van der Waals surface area contributed by atoms with Crippen LogP contribution < -0.4 is 0 Å². The minimum absolute atomic E-state index is 0.563. The van der Waals surface area contributed by atoms with Crippen LogP contribution in [0.3, 0.4) is 0 Å². The van der Waals surface area contributed by atoms with Gasteiger partial charge in [0, 0.05) is 32.9 Å². The topological polar surface area (TPSA) is 25.8 Å². The summed E-state index contributed by atoms with van der Waals surface area (Å²) in [5.41, 5.74) is 3.46. The van der Waals surface area contributed by atoms with Gasteiger partial charge >= 0.3 is 0 Å². The molecule has 0 unspecified atom stereocenters. The molecule has 23 heavy (non-hydrogen) atoms. The lowest BCUT2D eigenvalue weighted by atomic mass is 10.0. The van der Waals surface area contributed by atoms with Gasteiger partial charge in [0.1, 0.15) is 0 Å². The lowest BCUT2D eigenvalue weighted by Crippen LogP contribution is -1.95. The number of halogens is 3. The van der Waals surface area contributed by atoms with Gasteiger partial charge in [0.05, 0.1) is 10.7 Å². The van der Waals surface area contributed by atoms with Crippen LogP contribution in [0.5, 0.6) is 0 Å². The van der Waals surface area contributed by atoms with Crippen molar-refractivity contribution in [1.29, 1.82) is 0 Å². The lowest BCUT2D eigenvalue weighted by molar-refractivity contribution is 0.979. The normalized spacial score (nSPS) is 10.8. The van der Waals surface area contributed by atoms with Crippen molar-refractivity contribution in [2.75, 3.05) is 6.26 Å². The van der Waals surface area contributed by atoms with Crippen LogP contribution in [-0.4, -0.2) is 16.2 Å². The van der Waals surface area contributed by atoms with Gasteiger partial charge in [-0.15, -0.1) is 0 Å². The molecule has 0 aliphatic rings. The van der Waals surface area contributed by atoms with E-state index in [2.05, 4.69) is 9.97 Å². The second-order valence-electron chi connectivity index (χ2n) is 4.75. The first-order valence-corrected chi connectivity index (χ1v) is 9.07. The fourth-order valence-electron chi connectivity index (χ4n) is 2.20. The molecule has 0 aliphatic heterocycles. The third-order valence-corrected chi connectivity index (χ3v) is 4.65. The number of hydrogen-bond donors (Lipinski definition) is 0. The SMILES string of the molecule is CSc1ncc(-c2ccc(Cl)cc2Cl)c(-c2ccc(Cl)cc2)n1. The van der Waals surface area contributed by atoms with Crippen LogP contribution in [0, 0.1) is 0 Å². The van der Waals surface area contributed by atoms with Crippen molar-refractivity contribution in [3.05, 3.63) is 63.7 Å². The number of hydrogen-bond acceptors (Lipinski definition) is 3. The molecule has 0 spiro atoms. The van der Waals surface area contributed by atoms with E-state index in [0.717, 1.165) is 22.4 Å². The number of thioether (sulfide) groups is 1. The molecule has 0 saturated heterocycles. The van der Waals surface area contributed by atoms with Crippen LogP contribution in [0.15, 0.2) is 53.8 Å². The summed E-state index contributed by atoms with van der Waals surface area (Å²) in [6, 6.07) is 12.9. The summed E-state index contributed by atoms with van der Waals surface area (Å²) in [6.45, 7) is 0. The Morgan fingerprint density at radius 2 is 1.57 bits per heavy atom. The molecule has 0 atom stereocenters. The van der Waals surface area contributed by atoms with Gasteiger partial charge in [0.25, 0.3) is 0 Å². The summed E-state index contributed by atoms with van der Waals surface area (Å²) in [5, 5.41) is 2.53. The van der Waals surface area contributed by atoms with E-state index in [1.54, 1.807) is 18.3 Å². The number of aromatic nitrogens is 2. The predicted molar refractivity (Wildman–Crippen MR) is 99.7 cm³/mol. The molecule has 1 aromatic heterocycles. The van der Waals surface area contributed by atoms with Gasteiger partial charge in [0.15, 0.2) is 5.16 Å². The summed E-state index contributed by atoms with van der Waals surface area (Å²) in [6.07, 6.45) is 3.73. The maximum atomic E-state index is 6.36. The number of nitrogens with zero attached hydrogens (tertiary/aromatic N) is 2. The largest absolute Gasteiger partial charge is 0.230 e. The molecule has 0 fully saturated rings. The van der Waals surface area contributed by atoms with E-state index in [0.29, 0.717) is 20.2 Å². The van der Waals surface area contributed by atoms with Gasteiger partial charge in [-0.1, -0.05) is 64.8 Å². The fraction of sp³-hybridized carbons (Fsp3) is 0.0588. The van der Waals surface area contributed by atoms with E-state index in [1.807, 2.05) is 36.6 Å². The van der Waals surface area contributed by atoms with Crippen molar-refractivity contribution in [2.45, 2.75) is 5.16 Å². The standard InChI is InChI=1S/C17H11Cl3N2S/c1-23-17-21-9-14(13-7-6-12(19)8-15(13)20)16(22-17)10-2-4-11(18)5-3-10/h2-9H,1H3. The molecule has 0 aliphatic carbocycles. The van der Waals surface area contributed by atoms with Crippen molar-refractivity contribution >= 4 is 46.6 Å². The number of benzene rings is 2. The molecular weight excluding hydrogens is 371 g/mol. The molecule has 2 aromatic carbocycles. The van der Waals surface area contributed by atoms with Crippen molar-refractivity contribution in [3.8, 4) is 22.4 Å². The minimum Gasteiger partial charge on any atom is -0.230 e. The molecule has 1 heterocycles. The molecule has 0 N–H and O–H groups in total. The van der Waals surface area contributed by atoms with Crippen molar-refractivity contribution in [2.24, 2.45) is 0 Å². The Hall–Kier alpha value is -1.26. The summed E-state index contributed by atoms with van der Waals surface area (Å²) in [4.78, 5) is 9.02. The van der Waals surface area contributed by atoms with E-state index in [4.69, 9.17) is 34.8 Å². The van der Waals surface area contributed by atoms with Gasteiger partial charge < -0.3 is 0 Å². The molecule has 116 valence electrons.